The van der Waals surface area contributed by atoms with Crippen LogP contribution in [0.2, 0.25) is 0 Å². The Balaban J connectivity index is 5.19. The van der Waals surface area contributed by atoms with Gasteiger partial charge >= 0.3 is 0 Å². The molecule has 0 radical (unpaired) electrons. The summed E-state index contributed by atoms with van der Waals surface area (Å²) in [4.78, 5) is 29.8. The van der Waals surface area contributed by atoms with E-state index in [-0.39, 0.29) is 11.5 Å². The van der Waals surface area contributed by atoms with Crippen LogP contribution in [0.1, 0.15) is 207 Å². The van der Waals surface area contributed by atoms with Gasteiger partial charge in [-0.25, -0.2) is 0 Å². The molecule has 382 valence electrons. The lowest BCUT2D eigenvalue weighted by Crippen LogP contribution is -2.49. The number of carbonyl (C=O) groups excluding carboxylic acids is 2. The highest BCUT2D eigenvalue weighted by Crippen LogP contribution is 2.19. The largest absolute Gasteiger partial charge is 0.392 e. The van der Waals surface area contributed by atoms with E-state index in [0.717, 1.165) is 101 Å². The predicted molar refractivity (Wildman–Crippen MR) is 268 cm³/mol. The van der Waals surface area contributed by atoms with Crippen LogP contribution in [0.25, 0.3) is 0 Å². The third-order valence-corrected chi connectivity index (χ3v) is 14.0. The number of hydrogen-bond acceptors (Lipinski definition) is 14. The van der Waals surface area contributed by atoms with Crippen molar-refractivity contribution in [1.82, 2.24) is 9.80 Å². The summed E-state index contributed by atoms with van der Waals surface area (Å²) in [5.41, 5.74) is 0. The van der Waals surface area contributed by atoms with Gasteiger partial charge in [-0.1, -0.05) is 205 Å². The zero-order chi connectivity index (χ0) is 47.8. The maximum Gasteiger partial charge on any atom is 0.220 e. The molecule has 0 aromatic heterocycles. The maximum atomic E-state index is 13.0. The number of hydrogen-bond donors (Lipinski definition) is 8. The van der Waals surface area contributed by atoms with Crippen LogP contribution in [0.5, 0.6) is 0 Å². The molecule has 4 unspecified atom stereocenters. The van der Waals surface area contributed by atoms with Crippen molar-refractivity contribution in [2.45, 2.75) is 256 Å². The molecule has 0 saturated heterocycles. The molecule has 8 N–H and O–H groups in total. The topological polar surface area (TPSA) is 202 Å². The first-order chi connectivity index (χ1) is 30.8. The number of aliphatic hydroxyl groups is 8. The van der Waals surface area contributed by atoms with Crippen LogP contribution in [0.3, 0.4) is 0 Å². The van der Waals surface area contributed by atoms with Gasteiger partial charge in [0.15, 0.2) is 12.2 Å². The molecule has 0 amide bonds. The average Bonchev–Trinajstić information content (AvgIpc) is 3.27. The minimum absolute atomic E-state index is 0.196. The molecule has 0 aromatic carbocycles. The Kier molecular flexibility index (Phi) is 43.6. The Morgan fingerprint density at radius 3 is 0.812 bits per heavy atom. The van der Waals surface area contributed by atoms with E-state index >= 15 is 0 Å². The summed E-state index contributed by atoms with van der Waals surface area (Å²) < 4.78 is 0. The molecule has 0 aliphatic carbocycles. The average molecular weight is 953 g/mol. The third-order valence-electron chi connectivity index (χ3n) is 12.2. The fraction of sp³-hybridized carbons (Fsp3) is 0.960. The molecule has 14 heteroatoms. The highest BCUT2D eigenvalue weighted by molar-refractivity contribution is 8.14. The van der Waals surface area contributed by atoms with Crippen LogP contribution < -0.4 is 0 Å². The Bertz CT molecular complexity index is 940. The van der Waals surface area contributed by atoms with Gasteiger partial charge in [-0.15, -0.1) is 0 Å². The van der Waals surface area contributed by atoms with E-state index in [2.05, 4.69) is 27.7 Å². The van der Waals surface area contributed by atoms with Gasteiger partial charge in [0.1, 0.15) is 12.2 Å². The number of unbranched alkanes of at least 4 members (excludes halogenated alkanes) is 20. The third kappa shape index (κ3) is 35.7. The molecular weight excluding hydrogens is 853 g/mol. The van der Waals surface area contributed by atoms with Crippen molar-refractivity contribution in [3.8, 4) is 0 Å². The molecule has 0 rings (SSSR count). The van der Waals surface area contributed by atoms with Crippen LogP contribution in [0.15, 0.2) is 0 Å². The van der Waals surface area contributed by atoms with Crippen molar-refractivity contribution < 1.29 is 50.4 Å². The molecular formula is C50H100N2O10S2. The number of rotatable bonds is 47. The van der Waals surface area contributed by atoms with Gasteiger partial charge in [0, 0.05) is 50.8 Å². The molecule has 0 saturated carbocycles. The van der Waals surface area contributed by atoms with Crippen LogP contribution in [-0.2, 0) is 9.59 Å². The molecule has 64 heavy (non-hydrogen) atoms. The minimum Gasteiger partial charge on any atom is -0.392 e. The summed E-state index contributed by atoms with van der Waals surface area (Å²) in [5.74, 6) is 0.392. The van der Waals surface area contributed by atoms with Crippen molar-refractivity contribution in [1.29, 1.82) is 0 Å². The SMILES string of the molecule is CCCCCCCCC(O)CN(CCSC(=O)[C@@H](O)[C@@H](O)[C@H](O)[C@@H](O)C(=O)SCCN(CC(O)CCCCCCCC)CC(O)CCCCCCCC)CC(O)CCCCCCCC. The fourth-order valence-electron chi connectivity index (χ4n) is 8.09. The van der Waals surface area contributed by atoms with Crippen LogP contribution in [0.4, 0.5) is 0 Å². The van der Waals surface area contributed by atoms with E-state index < -0.39 is 59.1 Å². The van der Waals surface area contributed by atoms with Crippen molar-refractivity contribution in [3.63, 3.8) is 0 Å². The molecule has 0 aromatic rings. The smallest absolute Gasteiger partial charge is 0.220 e. The zero-order valence-electron chi connectivity index (χ0n) is 41.2. The zero-order valence-corrected chi connectivity index (χ0v) is 42.8. The van der Waals surface area contributed by atoms with Crippen molar-refractivity contribution in [2.75, 3.05) is 50.8 Å². The lowest BCUT2D eigenvalue weighted by atomic mass is 10.0. The van der Waals surface area contributed by atoms with E-state index in [1.807, 2.05) is 9.80 Å². The van der Waals surface area contributed by atoms with Gasteiger partial charge in [0.25, 0.3) is 0 Å². The van der Waals surface area contributed by atoms with Crippen molar-refractivity contribution in [3.05, 3.63) is 0 Å². The number of aliphatic hydroxyl groups excluding tert-OH is 8. The van der Waals surface area contributed by atoms with Crippen molar-refractivity contribution >= 4 is 33.8 Å². The number of carbonyl (C=O) groups is 2. The van der Waals surface area contributed by atoms with Gasteiger partial charge in [-0.2, -0.15) is 0 Å². The predicted octanol–water partition coefficient (Wildman–Crippen LogP) is 8.00. The molecule has 0 bridgehead atoms. The highest BCUT2D eigenvalue weighted by atomic mass is 32.2. The Morgan fingerprint density at radius 1 is 0.359 bits per heavy atom. The molecule has 8 atom stereocenters. The Hall–Kier alpha value is -0.360. The Morgan fingerprint density at radius 2 is 0.578 bits per heavy atom. The van der Waals surface area contributed by atoms with Gasteiger partial charge in [0.05, 0.1) is 24.4 Å². The standard InChI is InChI=1S/C50H100N2O10S2/c1-5-9-13-17-21-25-29-41(53)37-51(38-42(54)30-26-22-18-14-10-6-2)33-35-63-49(61)47(59)45(57)46(58)48(60)50(62)64-36-34-52(39-43(55)31-27-23-19-15-11-7-3)40-44(56)32-28-24-20-16-12-8-4/h41-48,53-60H,5-40H2,1-4H3/t41?,42?,43?,44?,45-,46-,47-,48+/m0/s1. The first kappa shape index (κ1) is 63.6. The lowest BCUT2D eigenvalue weighted by Gasteiger charge is -2.28. The molecule has 0 heterocycles. The molecule has 0 fully saturated rings. The van der Waals surface area contributed by atoms with E-state index in [1.165, 1.54) is 77.0 Å². The normalized spacial score (nSPS) is 15.9. The number of nitrogens with zero attached hydrogens (tertiary/aromatic N) is 2. The van der Waals surface area contributed by atoms with E-state index in [1.54, 1.807) is 0 Å². The summed E-state index contributed by atoms with van der Waals surface area (Å²) in [5, 5.41) is 84.5. The second-order valence-electron chi connectivity index (χ2n) is 18.6. The maximum absolute atomic E-state index is 13.0. The van der Waals surface area contributed by atoms with Gasteiger partial charge in [-0.3, -0.25) is 19.4 Å². The van der Waals surface area contributed by atoms with E-state index in [0.29, 0.717) is 65.0 Å². The second-order valence-corrected chi connectivity index (χ2v) is 20.8. The molecule has 12 nitrogen and oxygen atoms in total. The summed E-state index contributed by atoms with van der Waals surface area (Å²) >= 11 is 1.50. The van der Waals surface area contributed by atoms with Gasteiger partial charge < -0.3 is 40.9 Å². The van der Waals surface area contributed by atoms with Crippen molar-refractivity contribution in [2.24, 2.45) is 0 Å². The summed E-state index contributed by atoms with van der Waals surface area (Å²) in [6, 6.07) is 0. The molecule has 0 spiro atoms. The quantitative estimate of drug-likeness (QED) is 0.0273. The highest BCUT2D eigenvalue weighted by Gasteiger charge is 2.37. The fourth-order valence-corrected chi connectivity index (χ4v) is 9.81. The lowest BCUT2D eigenvalue weighted by molar-refractivity contribution is -0.144. The second kappa shape index (κ2) is 43.9. The number of thioether (sulfide) groups is 2. The van der Waals surface area contributed by atoms with E-state index in [4.69, 9.17) is 0 Å². The van der Waals surface area contributed by atoms with Gasteiger partial charge in [-0.05, 0) is 25.7 Å². The van der Waals surface area contributed by atoms with Gasteiger partial charge in [0.2, 0.25) is 10.2 Å². The summed E-state index contributed by atoms with van der Waals surface area (Å²) in [7, 11) is 0. The van der Waals surface area contributed by atoms with Crippen LogP contribution >= 0.6 is 23.5 Å². The first-order valence-corrected chi connectivity index (χ1v) is 28.0. The molecule has 0 aliphatic rings. The summed E-state index contributed by atoms with van der Waals surface area (Å²) in [6.07, 6.45) is 18.7. The van der Waals surface area contributed by atoms with E-state index in [9.17, 15) is 50.4 Å². The van der Waals surface area contributed by atoms with Crippen LogP contribution in [0, 0.1) is 0 Å². The van der Waals surface area contributed by atoms with Crippen LogP contribution in [-0.4, -0.2) is 160 Å². The Labute approximate surface area is 399 Å². The summed E-state index contributed by atoms with van der Waals surface area (Å²) in [6.45, 7) is 10.7. The molecule has 0 aliphatic heterocycles. The first-order valence-electron chi connectivity index (χ1n) is 26.0. The minimum atomic E-state index is -2.11. The monoisotopic (exact) mass is 953 g/mol.